The van der Waals surface area contributed by atoms with Crippen molar-refractivity contribution in [3.63, 3.8) is 0 Å². The van der Waals surface area contributed by atoms with Crippen molar-refractivity contribution in [1.82, 2.24) is 20.0 Å². The van der Waals surface area contributed by atoms with E-state index in [1.54, 1.807) is 0 Å². The third-order valence-corrected chi connectivity index (χ3v) is 8.81. The summed E-state index contributed by atoms with van der Waals surface area (Å²) in [6, 6.07) is 11.6. The van der Waals surface area contributed by atoms with Crippen LogP contribution in [0.3, 0.4) is 0 Å². The molecular formula is C29H30Cl2N4O3. The topological polar surface area (TPSA) is 78.5 Å². The van der Waals surface area contributed by atoms with E-state index in [0.717, 1.165) is 48.9 Å². The Bertz CT molecular complexity index is 1330. The summed E-state index contributed by atoms with van der Waals surface area (Å²) < 4.78 is 5.34. The Morgan fingerprint density at radius 3 is 2.50 bits per heavy atom. The second-order valence-electron chi connectivity index (χ2n) is 10.4. The highest BCUT2D eigenvalue weighted by Gasteiger charge is 2.38. The summed E-state index contributed by atoms with van der Waals surface area (Å²) in [7, 11) is 0. The van der Waals surface area contributed by atoms with Gasteiger partial charge in [0.2, 0.25) is 5.91 Å². The molecule has 2 atom stereocenters. The zero-order valence-electron chi connectivity index (χ0n) is 21.1. The van der Waals surface area contributed by atoms with Gasteiger partial charge in [0.25, 0.3) is 5.91 Å². The predicted molar refractivity (Wildman–Crippen MR) is 147 cm³/mol. The summed E-state index contributed by atoms with van der Waals surface area (Å²) in [5.41, 5.74) is 5.69. The normalized spacial score (nSPS) is 21.6. The van der Waals surface area contributed by atoms with Crippen molar-refractivity contribution >= 4 is 35.0 Å². The van der Waals surface area contributed by atoms with E-state index in [0.29, 0.717) is 48.3 Å². The van der Waals surface area contributed by atoms with Crippen LogP contribution < -0.4 is 0 Å². The number of nitrogens with zero attached hydrogens (tertiary/aromatic N) is 3. The van der Waals surface area contributed by atoms with Gasteiger partial charge < -0.3 is 14.5 Å². The number of fused-ring (bicyclic) bond motifs is 1. The molecule has 2 saturated heterocycles. The van der Waals surface area contributed by atoms with Gasteiger partial charge in [-0.25, -0.2) is 0 Å². The number of carbonyl (C=O) groups excluding carboxylic acids is 2. The lowest BCUT2D eigenvalue weighted by molar-refractivity contribution is -0.133. The Morgan fingerprint density at radius 1 is 1.03 bits per heavy atom. The van der Waals surface area contributed by atoms with E-state index in [4.69, 9.17) is 27.9 Å². The first-order valence-electron chi connectivity index (χ1n) is 13.2. The summed E-state index contributed by atoms with van der Waals surface area (Å²) in [5, 5.41) is 8.35. The number of hydrogen-bond donors (Lipinski definition) is 1. The number of rotatable bonds is 5. The van der Waals surface area contributed by atoms with Crippen LogP contribution in [-0.2, 0) is 28.8 Å². The van der Waals surface area contributed by atoms with Crippen LogP contribution in [0.2, 0.25) is 10.0 Å². The number of benzene rings is 2. The van der Waals surface area contributed by atoms with Crippen LogP contribution in [0.15, 0.2) is 42.6 Å². The minimum absolute atomic E-state index is 0.0139. The second-order valence-corrected chi connectivity index (χ2v) is 11.2. The van der Waals surface area contributed by atoms with Crippen molar-refractivity contribution in [3.05, 3.63) is 75.0 Å². The molecule has 3 aliphatic rings. The number of hydrogen-bond acceptors (Lipinski definition) is 4. The van der Waals surface area contributed by atoms with Gasteiger partial charge in [0, 0.05) is 52.9 Å². The van der Waals surface area contributed by atoms with Crippen LogP contribution in [-0.4, -0.2) is 70.7 Å². The van der Waals surface area contributed by atoms with Gasteiger partial charge in [0.05, 0.1) is 19.4 Å². The van der Waals surface area contributed by atoms with Crippen molar-refractivity contribution in [3.8, 4) is 11.1 Å². The lowest BCUT2D eigenvalue weighted by atomic mass is 9.92. The maximum Gasteiger partial charge on any atom is 0.254 e. The summed E-state index contributed by atoms with van der Waals surface area (Å²) in [6.45, 7) is 3.14. The molecule has 2 aliphatic heterocycles. The number of aromatic amines is 1. The zero-order valence-corrected chi connectivity index (χ0v) is 22.6. The fourth-order valence-corrected chi connectivity index (χ4v) is 6.58. The molecule has 1 aromatic heterocycles. The fourth-order valence-electron chi connectivity index (χ4n) is 5.94. The molecular weight excluding hydrogens is 523 g/mol. The summed E-state index contributed by atoms with van der Waals surface area (Å²) in [6.07, 6.45) is 5.97. The van der Waals surface area contributed by atoms with Gasteiger partial charge in [-0.3, -0.25) is 14.7 Å². The standard InChI is InChI=1S/C29H30Cl2N4O3/c30-25-15-21(18-1-3-19(4-2-18)28(36)34-9-11-38-12-10-34)16-26(31)24(25)14-20-7-8-35(29(20)37)23-5-6-27-22(13-23)17-32-33-27/h1-4,15-17,20,23H,5-14H2,(H,32,33)/t20-,23?/m0/s1. The van der Waals surface area contributed by atoms with Gasteiger partial charge in [-0.2, -0.15) is 5.10 Å². The maximum absolute atomic E-state index is 13.4. The van der Waals surface area contributed by atoms with Crippen molar-refractivity contribution in [2.45, 2.75) is 38.1 Å². The number of amides is 2. The van der Waals surface area contributed by atoms with E-state index in [1.807, 2.05) is 47.5 Å². The molecule has 7 nitrogen and oxygen atoms in total. The quantitative estimate of drug-likeness (QED) is 0.492. The highest BCUT2D eigenvalue weighted by atomic mass is 35.5. The molecule has 1 N–H and O–H groups in total. The molecule has 3 heterocycles. The van der Waals surface area contributed by atoms with Gasteiger partial charge in [-0.15, -0.1) is 0 Å². The summed E-state index contributed by atoms with van der Waals surface area (Å²) in [4.78, 5) is 30.0. The molecule has 198 valence electrons. The summed E-state index contributed by atoms with van der Waals surface area (Å²) in [5.74, 6) is 0.0886. The molecule has 2 fully saturated rings. The Balaban J connectivity index is 1.13. The molecule has 0 bridgehead atoms. The van der Waals surface area contributed by atoms with Crippen LogP contribution in [0.5, 0.6) is 0 Å². The minimum atomic E-state index is -0.118. The molecule has 2 aromatic carbocycles. The molecule has 9 heteroatoms. The first kappa shape index (κ1) is 25.4. The Morgan fingerprint density at radius 2 is 1.76 bits per heavy atom. The minimum Gasteiger partial charge on any atom is -0.378 e. The second kappa shape index (κ2) is 10.7. The lowest BCUT2D eigenvalue weighted by Gasteiger charge is -2.31. The average molecular weight is 553 g/mol. The van der Waals surface area contributed by atoms with E-state index in [-0.39, 0.29) is 23.8 Å². The average Bonchev–Trinajstić information content (AvgIpc) is 3.56. The Hall–Kier alpha value is -2.87. The number of nitrogens with one attached hydrogen (secondary N) is 1. The van der Waals surface area contributed by atoms with Crippen molar-refractivity contribution in [2.24, 2.45) is 5.92 Å². The molecule has 0 saturated carbocycles. The SMILES string of the molecule is O=C(c1ccc(-c2cc(Cl)c(C[C@@H]3CCN(C4CCc5[nH]ncc5C4)C3=O)c(Cl)c2)cc1)N1CCOCC1. The molecule has 0 spiro atoms. The number of H-pyrrole nitrogens is 1. The number of morpholine rings is 1. The molecule has 0 radical (unpaired) electrons. The van der Waals surface area contributed by atoms with E-state index in [9.17, 15) is 9.59 Å². The van der Waals surface area contributed by atoms with E-state index < -0.39 is 0 Å². The molecule has 2 amide bonds. The number of likely N-dealkylation sites (tertiary alicyclic amines) is 1. The molecule has 6 rings (SSSR count). The predicted octanol–water partition coefficient (Wildman–Crippen LogP) is 4.80. The van der Waals surface area contributed by atoms with Gasteiger partial charge in [0.15, 0.2) is 0 Å². The number of halogens is 2. The van der Waals surface area contributed by atoms with Gasteiger partial charge in [-0.05, 0) is 78.6 Å². The van der Waals surface area contributed by atoms with E-state index in [1.165, 1.54) is 11.3 Å². The first-order valence-corrected chi connectivity index (χ1v) is 14.0. The van der Waals surface area contributed by atoms with Gasteiger partial charge in [-0.1, -0.05) is 35.3 Å². The van der Waals surface area contributed by atoms with E-state index in [2.05, 4.69) is 15.1 Å². The highest BCUT2D eigenvalue weighted by molar-refractivity contribution is 6.36. The lowest BCUT2D eigenvalue weighted by Crippen LogP contribution is -2.41. The maximum atomic E-state index is 13.4. The number of aryl methyl sites for hydroxylation is 1. The van der Waals surface area contributed by atoms with Gasteiger partial charge >= 0.3 is 0 Å². The molecule has 3 aromatic rings. The number of aromatic nitrogens is 2. The van der Waals surface area contributed by atoms with E-state index >= 15 is 0 Å². The monoisotopic (exact) mass is 552 g/mol. The zero-order chi connectivity index (χ0) is 26.2. The Kier molecular flexibility index (Phi) is 7.16. The molecule has 1 aliphatic carbocycles. The van der Waals surface area contributed by atoms with Crippen molar-refractivity contribution < 1.29 is 14.3 Å². The largest absolute Gasteiger partial charge is 0.378 e. The first-order chi connectivity index (χ1) is 18.5. The van der Waals surface area contributed by atoms with Crippen LogP contribution in [0, 0.1) is 5.92 Å². The van der Waals surface area contributed by atoms with Crippen LogP contribution >= 0.6 is 23.2 Å². The number of carbonyl (C=O) groups is 2. The van der Waals surface area contributed by atoms with Crippen molar-refractivity contribution in [1.29, 1.82) is 0 Å². The van der Waals surface area contributed by atoms with Crippen molar-refractivity contribution in [2.75, 3.05) is 32.8 Å². The Labute approximate surface area is 232 Å². The van der Waals surface area contributed by atoms with Crippen LogP contribution in [0.25, 0.3) is 11.1 Å². The fraction of sp³-hybridized carbons (Fsp3) is 0.414. The smallest absolute Gasteiger partial charge is 0.254 e. The van der Waals surface area contributed by atoms with Crippen LogP contribution in [0.1, 0.15) is 40.0 Å². The number of ether oxygens (including phenoxy) is 1. The van der Waals surface area contributed by atoms with Gasteiger partial charge in [0.1, 0.15) is 0 Å². The third kappa shape index (κ3) is 4.95. The molecule has 1 unspecified atom stereocenters. The van der Waals surface area contributed by atoms with Crippen LogP contribution in [0.4, 0.5) is 0 Å². The summed E-state index contributed by atoms with van der Waals surface area (Å²) >= 11 is 13.5. The highest BCUT2D eigenvalue weighted by Crippen LogP contribution is 2.36. The third-order valence-electron chi connectivity index (χ3n) is 8.14. The molecule has 38 heavy (non-hydrogen) atoms.